The third kappa shape index (κ3) is 6.33. The van der Waals surface area contributed by atoms with Gasteiger partial charge in [-0.1, -0.05) is 29.3 Å². The molecule has 3 rings (SSSR count). The monoisotopic (exact) mass is 484 g/mol. The van der Waals surface area contributed by atoms with Gasteiger partial charge in [-0.05, 0) is 49.2 Å². The summed E-state index contributed by atoms with van der Waals surface area (Å²) in [4.78, 5) is 25.6. The third-order valence-electron chi connectivity index (χ3n) is 4.88. The quantitative estimate of drug-likeness (QED) is 0.557. The van der Waals surface area contributed by atoms with Gasteiger partial charge < -0.3 is 11.1 Å². The van der Waals surface area contributed by atoms with Gasteiger partial charge >= 0.3 is 0 Å². The maximum absolute atomic E-state index is 12.6. The molecule has 4 N–H and O–H groups in total. The Bertz CT molecular complexity index is 1090. The number of primary amides is 1. The highest BCUT2D eigenvalue weighted by molar-refractivity contribution is 7.92. The Hall–Kier alpha value is -2.33. The molecule has 2 amide bonds. The lowest BCUT2D eigenvalue weighted by atomic mass is 10.0. The van der Waals surface area contributed by atoms with Crippen LogP contribution in [0.4, 0.5) is 5.69 Å². The summed E-state index contributed by atoms with van der Waals surface area (Å²) in [6.07, 6.45) is 1.39. The highest BCUT2D eigenvalue weighted by atomic mass is 35.5. The van der Waals surface area contributed by atoms with Gasteiger partial charge in [0.1, 0.15) is 0 Å². The second kappa shape index (κ2) is 9.86. The van der Waals surface area contributed by atoms with Gasteiger partial charge in [0, 0.05) is 30.4 Å². The van der Waals surface area contributed by atoms with Crippen molar-refractivity contribution in [3.05, 3.63) is 58.1 Å². The molecule has 2 aromatic carbocycles. The molecular weight excluding hydrogens is 463 g/mol. The number of benzene rings is 2. The zero-order valence-electron chi connectivity index (χ0n) is 16.5. The van der Waals surface area contributed by atoms with E-state index in [9.17, 15) is 18.0 Å². The van der Waals surface area contributed by atoms with Crippen LogP contribution in [0.25, 0.3) is 0 Å². The van der Waals surface area contributed by atoms with Gasteiger partial charge in [0.15, 0.2) is 0 Å². The molecule has 1 saturated heterocycles. The molecule has 0 radical (unpaired) electrons. The van der Waals surface area contributed by atoms with Crippen molar-refractivity contribution < 1.29 is 18.0 Å². The molecule has 0 spiro atoms. The van der Waals surface area contributed by atoms with E-state index in [1.54, 1.807) is 18.2 Å². The Kier molecular flexibility index (Phi) is 7.42. The van der Waals surface area contributed by atoms with Crippen LogP contribution in [0.5, 0.6) is 0 Å². The molecular formula is C20H22Cl2N4O4S. The molecule has 0 atom stereocenters. The first kappa shape index (κ1) is 23.3. The first-order valence-electron chi connectivity index (χ1n) is 9.53. The fourth-order valence-corrected chi connectivity index (χ4v) is 4.74. The van der Waals surface area contributed by atoms with Crippen molar-refractivity contribution in [3.63, 3.8) is 0 Å². The number of nitrogens with two attached hydrogens (primary N) is 1. The van der Waals surface area contributed by atoms with Gasteiger partial charge in [0.25, 0.3) is 15.9 Å². The second-order valence-electron chi connectivity index (χ2n) is 7.25. The number of carbonyl (C=O) groups excluding carboxylic acids is 2. The number of hydrogen-bond donors (Lipinski definition) is 3. The van der Waals surface area contributed by atoms with Gasteiger partial charge in [0.2, 0.25) is 5.91 Å². The smallest absolute Gasteiger partial charge is 0.261 e. The van der Waals surface area contributed by atoms with Crippen molar-refractivity contribution >= 4 is 50.7 Å². The Labute approximate surface area is 190 Å². The zero-order chi connectivity index (χ0) is 22.6. The molecule has 8 nitrogen and oxygen atoms in total. The summed E-state index contributed by atoms with van der Waals surface area (Å²) in [6.45, 7) is 1.54. The van der Waals surface area contributed by atoms with Crippen LogP contribution >= 0.6 is 23.2 Å². The number of nitrogens with zero attached hydrogens (tertiary/aromatic N) is 1. The predicted molar refractivity (Wildman–Crippen MR) is 120 cm³/mol. The number of carbonyl (C=O) groups is 2. The molecule has 0 unspecified atom stereocenters. The van der Waals surface area contributed by atoms with Crippen molar-refractivity contribution in [2.75, 3.05) is 24.4 Å². The van der Waals surface area contributed by atoms with E-state index in [-0.39, 0.29) is 45.0 Å². The van der Waals surface area contributed by atoms with Gasteiger partial charge in [-0.3, -0.25) is 19.2 Å². The second-order valence-corrected chi connectivity index (χ2v) is 9.75. The molecule has 0 saturated carbocycles. The van der Waals surface area contributed by atoms with E-state index >= 15 is 0 Å². The molecule has 166 valence electrons. The molecule has 1 aliphatic rings. The molecule has 1 aliphatic heterocycles. The highest BCUT2D eigenvalue weighted by Crippen LogP contribution is 2.26. The van der Waals surface area contributed by atoms with Gasteiger partial charge in [-0.15, -0.1) is 0 Å². The van der Waals surface area contributed by atoms with Crippen molar-refractivity contribution in [2.45, 2.75) is 23.8 Å². The van der Waals surface area contributed by atoms with E-state index in [1.165, 1.54) is 24.3 Å². The molecule has 2 aromatic rings. The van der Waals surface area contributed by atoms with Gasteiger partial charge in [0.05, 0.1) is 21.5 Å². The van der Waals surface area contributed by atoms with Gasteiger partial charge in [-0.2, -0.15) is 0 Å². The number of halogens is 2. The summed E-state index contributed by atoms with van der Waals surface area (Å²) in [7, 11) is -3.91. The van der Waals surface area contributed by atoms with Crippen molar-refractivity contribution in [3.8, 4) is 0 Å². The minimum Gasteiger partial charge on any atom is -0.369 e. The van der Waals surface area contributed by atoms with E-state index < -0.39 is 10.0 Å². The lowest BCUT2D eigenvalue weighted by molar-refractivity contribution is -0.119. The maximum atomic E-state index is 12.6. The number of sulfonamides is 1. The lowest BCUT2D eigenvalue weighted by Crippen LogP contribution is -2.46. The Morgan fingerprint density at radius 3 is 2.42 bits per heavy atom. The fourth-order valence-electron chi connectivity index (χ4n) is 3.31. The Balaban J connectivity index is 1.64. The molecule has 0 aliphatic carbocycles. The van der Waals surface area contributed by atoms with Crippen LogP contribution in [0.15, 0.2) is 47.4 Å². The number of anilines is 1. The predicted octanol–water partition coefficient (Wildman–Crippen LogP) is 2.47. The fraction of sp³-hybridized carbons (Fsp3) is 0.300. The van der Waals surface area contributed by atoms with Crippen LogP contribution in [0, 0.1) is 0 Å². The minimum absolute atomic E-state index is 0.0341. The summed E-state index contributed by atoms with van der Waals surface area (Å²) >= 11 is 11.8. The molecule has 11 heteroatoms. The molecule has 1 fully saturated rings. The standard InChI is InChI=1S/C20H22Cl2N4O4S/c21-17-5-4-16(11-18(17)22)31(29,30)25-15-3-1-2-13(10-15)20(28)24-14-6-8-26(9-7-14)12-19(23)27/h1-5,10-11,14,25H,6-9,12H2,(H2,23,27)(H,24,28). The van der Waals surface area contributed by atoms with E-state index in [1.807, 2.05) is 4.90 Å². The number of piperidine rings is 1. The van der Waals surface area contributed by atoms with E-state index in [2.05, 4.69) is 10.0 Å². The number of amides is 2. The Morgan fingerprint density at radius 2 is 1.77 bits per heavy atom. The van der Waals surface area contributed by atoms with Gasteiger partial charge in [-0.25, -0.2) is 8.42 Å². The maximum Gasteiger partial charge on any atom is 0.261 e. The number of likely N-dealkylation sites (tertiary alicyclic amines) is 1. The summed E-state index contributed by atoms with van der Waals surface area (Å²) in [5.74, 6) is -0.674. The SMILES string of the molecule is NC(=O)CN1CCC(NC(=O)c2cccc(NS(=O)(=O)c3ccc(Cl)c(Cl)c3)c2)CC1. The summed E-state index contributed by atoms with van der Waals surface area (Å²) in [5, 5.41) is 3.33. The molecule has 0 aromatic heterocycles. The number of rotatable bonds is 7. The van der Waals surface area contributed by atoms with E-state index in [4.69, 9.17) is 28.9 Å². The van der Waals surface area contributed by atoms with Crippen LogP contribution < -0.4 is 15.8 Å². The normalized spacial score (nSPS) is 15.4. The van der Waals surface area contributed by atoms with Crippen LogP contribution in [0.2, 0.25) is 10.0 Å². The first-order valence-corrected chi connectivity index (χ1v) is 11.8. The highest BCUT2D eigenvalue weighted by Gasteiger charge is 2.22. The van der Waals surface area contributed by atoms with Crippen LogP contribution in [0.3, 0.4) is 0 Å². The number of nitrogens with one attached hydrogen (secondary N) is 2. The average Bonchev–Trinajstić information content (AvgIpc) is 2.71. The average molecular weight is 485 g/mol. The van der Waals surface area contributed by atoms with Crippen LogP contribution in [0.1, 0.15) is 23.2 Å². The van der Waals surface area contributed by atoms with Crippen molar-refractivity contribution in [2.24, 2.45) is 5.73 Å². The minimum atomic E-state index is -3.91. The first-order chi connectivity index (χ1) is 14.6. The molecule has 31 heavy (non-hydrogen) atoms. The third-order valence-corrected chi connectivity index (χ3v) is 7.00. The summed E-state index contributed by atoms with van der Waals surface area (Å²) in [6, 6.07) is 10.2. The van der Waals surface area contributed by atoms with E-state index in [0.717, 1.165) is 0 Å². The largest absolute Gasteiger partial charge is 0.369 e. The Morgan fingerprint density at radius 1 is 1.06 bits per heavy atom. The van der Waals surface area contributed by atoms with Crippen LogP contribution in [-0.4, -0.2) is 50.8 Å². The zero-order valence-corrected chi connectivity index (χ0v) is 18.8. The topological polar surface area (TPSA) is 122 Å². The molecule has 1 heterocycles. The van der Waals surface area contributed by atoms with Crippen molar-refractivity contribution in [1.29, 1.82) is 0 Å². The van der Waals surface area contributed by atoms with Crippen LogP contribution in [-0.2, 0) is 14.8 Å². The summed E-state index contributed by atoms with van der Waals surface area (Å²) in [5.41, 5.74) is 5.79. The number of hydrogen-bond acceptors (Lipinski definition) is 5. The van der Waals surface area contributed by atoms with Crippen molar-refractivity contribution in [1.82, 2.24) is 10.2 Å². The summed E-state index contributed by atoms with van der Waals surface area (Å²) < 4.78 is 27.7. The van der Waals surface area contributed by atoms with E-state index in [0.29, 0.717) is 31.5 Å². The lowest BCUT2D eigenvalue weighted by Gasteiger charge is -2.31. The molecule has 0 bridgehead atoms.